The monoisotopic (exact) mass is 254 g/mol. The number of pyridine rings is 1. The van der Waals surface area contributed by atoms with Crippen LogP contribution in [-0.2, 0) is 5.41 Å². The number of aromatic nitrogens is 1. The van der Waals surface area contributed by atoms with Crippen LogP contribution in [0.4, 0.5) is 0 Å². The summed E-state index contributed by atoms with van der Waals surface area (Å²) < 4.78 is 5.23. The fraction of sp³-hybridized carbons (Fsp3) is 0.312. The zero-order chi connectivity index (χ0) is 13.3. The molecule has 1 aliphatic rings. The number of nitrogens with two attached hydrogens (primary N) is 1. The third kappa shape index (κ3) is 2.10. The minimum absolute atomic E-state index is 0.0301. The van der Waals surface area contributed by atoms with E-state index in [2.05, 4.69) is 29.2 Å². The molecule has 19 heavy (non-hydrogen) atoms. The van der Waals surface area contributed by atoms with Crippen molar-refractivity contribution >= 4 is 0 Å². The molecule has 1 fully saturated rings. The Morgan fingerprint density at radius 1 is 1.21 bits per heavy atom. The van der Waals surface area contributed by atoms with Crippen LogP contribution >= 0.6 is 0 Å². The van der Waals surface area contributed by atoms with Crippen molar-refractivity contribution in [2.45, 2.75) is 24.3 Å². The molecule has 1 unspecified atom stereocenters. The Kier molecular flexibility index (Phi) is 2.99. The van der Waals surface area contributed by atoms with Gasteiger partial charge in [-0.3, -0.25) is 4.98 Å². The van der Waals surface area contributed by atoms with Gasteiger partial charge in [-0.1, -0.05) is 30.3 Å². The van der Waals surface area contributed by atoms with Crippen molar-refractivity contribution in [2.75, 3.05) is 7.11 Å². The molecule has 0 amide bonds. The largest absolute Gasteiger partial charge is 0.495 e. The van der Waals surface area contributed by atoms with Crippen molar-refractivity contribution in [3.8, 4) is 5.75 Å². The number of rotatable bonds is 4. The van der Waals surface area contributed by atoms with E-state index in [-0.39, 0.29) is 11.5 Å². The van der Waals surface area contributed by atoms with Crippen molar-refractivity contribution in [3.63, 3.8) is 0 Å². The van der Waals surface area contributed by atoms with E-state index in [1.807, 2.05) is 18.3 Å². The first kappa shape index (κ1) is 12.2. The van der Waals surface area contributed by atoms with E-state index in [9.17, 15) is 0 Å². The third-order valence-corrected chi connectivity index (χ3v) is 4.06. The average molecular weight is 254 g/mol. The Morgan fingerprint density at radius 3 is 2.58 bits per heavy atom. The van der Waals surface area contributed by atoms with Gasteiger partial charge in [-0.25, -0.2) is 0 Å². The summed E-state index contributed by atoms with van der Waals surface area (Å²) in [4.78, 5) is 4.21. The molecule has 1 saturated carbocycles. The molecule has 0 bridgehead atoms. The number of methoxy groups -OCH3 is 1. The Morgan fingerprint density at radius 2 is 1.95 bits per heavy atom. The predicted octanol–water partition coefficient (Wildman–Crippen LogP) is 2.82. The minimum atomic E-state index is -0.0301. The van der Waals surface area contributed by atoms with Crippen molar-refractivity contribution in [1.82, 2.24) is 4.98 Å². The topological polar surface area (TPSA) is 48.1 Å². The van der Waals surface area contributed by atoms with Crippen molar-refractivity contribution in [3.05, 3.63) is 59.9 Å². The second kappa shape index (κ2) is 4.67. The fourth-order valence-electron chi connectivity index (χ4n) is 2.72. The highest BCUT2D eigenvalue weighted by Gasteiger charge is 2.49. The van der Waals surface area contributed by atoms with Crippen molar-refractivity contribution in [2.24, 2.45) is 5.73 Å². The lowest BCUT2D eigenvalue weighted by molar-refractivity contribution is 0.410. The molecule has 0 spiro atoms. The third-order valence-electron chi connectivity index (χ3n) is 4.06. The summed E-state index contributed by atoms with van der Waals surface area (Å²) in [6.07, 6.45) is 5.82. The van der Waals surface area contributed by atoms with E-state index in [1.165, 1.54) is 5.56 Å². The molecular weight excluding hydrogens is 236 g/mol. The second-order valence-corrected chi connectivity index (χ2v) is 5.16. The molecule has 98 valence electrons. The SMILES string of the molecule is COc1cncc(C(N)C2(c3ccccc3)CC2)c1. The Hall–Kier alpha value is -1.87. The molecule has 0 saturated heterocycles. The minimum Gasteiger partial charge on any atom is -0.495 e. The van der Waals surface area contributed by atoms with Gasteiger partial charge in [0.2, 0.25) is 0 Å². The lowest BCUT2D eigenvalue weighted by Gasteiger charge is -2.24. The van der Waals surface area contributed by atoms with Crippen LogP contribution in [0.15, 0.2) is 48.8 Å². The van der Waals surface area contributed by atoms with Crippen LogP contribution in [0.2, 0.25) is 0 Å². The first-order valence-corrected chi connectivity index (χ1v) is 6.56. The molecule has 0 radical (unpaired) electrons. The van der Waals surface area contributed by atoms with E-state index < -0.39 is 0 Å². The molecule has 3 heteroatoms. The summed E-state index contributed by atoms with van der Waals surface area (Å²) in [6, 6.07) is 12.5. The first-order valence-electron chi connectivity index (χ1n) is 6.56. The molecule has 1 aliphatic carbocycles. The van der Waals surface area contributed by atoms with E-state index in [4.69, 9.17) is 10.5 Å². The first-order chi connectivity index (χ1) is 9.26. The summed E-state index contributed by atoms with van der Waals surface area (Å²) in [5.74, 6) is 0.761. The van der Waals surface area contributed by atoms with Gasteiger partial charge in [0, 0.05) is 17.7 Å². The van der Waals surface area contributed by atoms with Crippen molar-refractivity contribution in [1.29, 1.82) is 0 Å². The summed E-state index contributed by atoms with van der Waals surface area (Å²) in [5.41, 5.74) is 8.94. The van der Waals surface area contributed by atoms with Gasteiger partial charge in [-0.15, -0.1) is 0 Å². The van der Waals surface area contributed by atoms with E-state index in [0.29, 0.717) is 0 Å². The number of hydrogen-bond donors (Lipinski definition) is 1. The van der Waals surface area contributed by atoms with Gasteiger partial charge in [-0.2, -0.15) is 0 Å². The lowest BCUT2D eigenvalue weighted by atomic mass is 9.85. The highest BCUT2D eigenvalue weighted by molar-refractivity contribution is 5.39. The maximum absolute atomic E-state index is 6.50. The Bertz CT molecular complexity index is 564. The summed E-state index contributed by atoms with van der Waals surface area (Å²) in [6.45, 7) is 0. The molecule has 3 nitrogen and oxygen atoms in total. The van der Waals surface area contributed by atoms with Crippen LogP contribution in [0, 0.1) is 0 Å². The van der Waals surface area contributed by atoms with Crippen LogP contribution in [0.5, 0.6) is 5.75 Å². The molecule has 1 atom stereocenters. The Balaban J connectivity index is 1.93. The molecule has 0 aliphatic heterocycles. The summed E-state index contributed by atoms with van der Waals surface area (Å²) in [7, 11) is 1.65. The highest BCUT2D eigenvalue weighted by atomic mass is 16.5. The standard InChI is InChI=1S/C16H18N2O/c1-19-14-9-12(10-18-11-14)15(17)16(7-8-16)13-5-3-2-4-6-13/h2-6,9-11,15H,7-8,17H2,1H3. The van der Waals surface area contributed by atoms with Crippen LogP contribution in [0.3, 0.4) is 0 Å². The van der Waals surface area contributed by atoms with Crippen LogP contribution in [0.1, 0.15) is 30.0 Å². The number of ether oxygens (including phenoxy) is 1. The summed E-state index contributed by atoms with van der Waals surface area (Å²) in [5, 5.41) is 0. The second-order valence-electron chi connectivity index (χ2n) is 5.16. The quantitative estimate of drug-likeness (QED) is 0.912. The molecule has 2 N–H and O–H groups in total. The average Bonchev–Trinajstić information content (AvgIpc) is 3.29. The molecular formula is C16H18N2O. The van der Waals surface area contributed by atoms with Gasteiger partial charge in [0.15, 0.2) is 0 Å². The van der Waals surface area contributed by atoms with Gasteiger partial charge < -0.3 is 10.5 Å². The van der Waals surface area contributed by atoms with E-state index in [1.54, 1.807) is 13.3 Å². The van der Waals surface area contributed by atoms with Gasteiger partial charge in [0.05, 0.1) is 13.3 Å². The van der Waals surface area contributed by atoms with Gasteiger partial charge in [0.1, 0.15) is 5.75 Å². The van der Waals surface area contributed by atoms with Crippen molar-refractivity contribution < 1.29 is 4.74 Å². The fourth-order valence-corrected chi connectivity index (χ4v) is 2.72. The predicted molar refractivity (Wildman–Crippen MR) is 75.1 cm³/mol. The van der Waals surface area contributed by atoms with E-state index in [0.717, 1.165) is 24.2 Å². The smallest absolute Gasteiger partial charge is 0.137 e. The van der Waals surface area contributed by atoms with Gasteiger partial charge >= 0.3 is 0 Å². The zero-order valence-corrected chi connectivity index (χ0v) is 11.0. The maximum Gasteiger partial charge on any atom is 0.137 e. The van der Waals surface area contributed by atoms with Crippen LogP contribution < -0.4 is 10.5 Å². The zero-order valence-electron chi connectivity index (χ0n) is 11.0. The molecule has 3 rings (SSSR count). The van der Waals surface area contributed by atoms with Crippen LogP contribution in [-0.4, -0.2) is 12.1 Å². The molecule has 1 aromatic heterocycles. The normalized spacial score (nSPS) is 17.8. The number of benzene rings is 1. The Labute approximate surface area is 113 Å². The molecule has 1 heterocycles. The number of hydrogen-bond acceptors (Lipinski definition) is 3. The summed E-state index contributed by atoms with van der Waals surface area (Å²) >= 11 is 0. The molecule has 1 aromatic carbocycles. The number of nitrogens with zero attached hydrogens (tertiary/aromatic N) is 1. The molecule has 2 aromatic rings. The maximum atomic E-state index is 6.50. The van der Waals surface area contributed by atoms with Gasteiger partial charge in [-0.05, 0) is 30.0 Å². The van der Waals surface area contributed by atoms with Gasteiger partial charge in [0.25, 0.3) is 0 Å². The highest BCUT2D eigenvalue weighted by Crippen LogP contribution is 2.55. The van der Waals surface area contributed by atoms with Crippen LogP contribution in [0.25, 0.3) is 0 Å². The van der Waals surface area contributed by atoms with E-state index >= 15 is 0 Å². The lowest BCUT2D eigenvalue weighted by Crippen LogP contribution is -2.26.